The summed E-state index contributed by atoms with van der Waals surface area (Å²) >= 11 is 6.23. The van der Waals surface area contributed by atoms with Crippen LogP contribution in [0.4, 0.5) is 5.69 Å². The summed E-state index contributed by atoms with van der Waals surface area (Å²) < 4.78 is 5.22. The highest BCUT2D eigenvalue weighted by molar-refractivity contribution is 6.33. The minimum atomic E-state index is -0.683. The molecule has 3 aromatic rings. The number of carbonyl (C=O) groups excluding carboxylic acids is 2. The van der Waals surface area contributed by atoms with Gasteiger partial charge in [-0.1, -0.05) is 53.2 Å². The van der Waals surface area contributed by atoms with E-state index in [0.717, 1.165) is 6.08 Å². The van der Waals surface area contributed by atoms with Gasteiger partial charge in [-0.25, -0.2) is 5.48 Å². The third kappa shape index (κ3) is 4.11. The predicted molar refractivity (Wildman–Crippen MR) is 105 cm³/mol. The molecule has 0 unspecified atom stereocenters. The Bertz CT molecular complexity index is 1060. The van der Waals surface area contributed by atoms with Gasteiger partial charge in [-0.2, -0.15) is 0 Å². The van der Waals surface area contributed by atoms with Gasteiger partial charge in [-0.3, -0.25) is 14.8 Å². The molecule has 1 heterocycles. The van der Waals surface area contributed by atoms with Gasteiger partial charge in [0, 0.05) is 17.3 Å². The third-order valence-corrected chi connectivity index (χ3v) is 4.28. The summed E-state index contributed by atoms with van der Waals surface area (Å²) in [6, 6.07) is 13.9. The van der Waals surface area contributed by atoms with Crippen LogP contribution >= 0.6 is 11.6 Å². The average Bonchev–Trinajstić information content (AvgIpc) is 3.08. The normalized spacial score (nSPS) is 10.8. The van der Waals surface area contributed by atoms with Crippen molar-refractivity contribution in [2.75, 3.05) is 5.32 Å². The molecule has 2 aromatic carbocycles. The Morgan fingerprint density at radius 3 is 2.61 bits per heavy atom. The van der Waals surface area contributed by atoms with Crippen LogP contribution < -0.4 is 10.8 Å². The van der Waals surface area contributed by atoms with Crippen molar-refractivity contribution in [1.29, 1.82) is 0 Å². The number of rotatable bonds is 5. The van der Waals surface area contributed by atoms with E-state index < -0.39 is 11.8 Å². The van der Waals surface area contributed by atoms with E-state index in [0.29, 0.717) is 33.3 Å². The van der Waals surface area contributed by atoms with E-state index in [-0.39, 0.29) is 5.56 Å². The standard InChI is InChI=1S/C20H16ClN3O4/c1-12-18(19(24-28-12)14-7-3-4-8-15(14)21)20(26)22-16-9-5-2-6-13(16)10-11-17(25)23-27/h2-11,27H,1H3,(H,22,26)(H,23,25)/b11-10+. The van der Waals surface area contributed by atoms with Crippen molar-refractivity contribution in [2.24, 2.45) is 0 Å². The van der Waals surface area contributed by atoms with Crippen LogP contribution in [0, 0.1) is 6.92 Å². The number of anilines is 1. The van der Waals surface area contributed by atoms with Crippen LogP contribution in [0.1, 0.15) is 21.7 Å². The monoisotopic (exact) mass is 397 g/mol. The number of para-hydroxylation sites is 1. The molecular formula is C20H16ClN3O4. The van der Waals surface area contributed by atoms with Crippen molar-refractivity contribution < 1.29 is 19.3 Å². The Kier molecular flexibility index (Phi) is 5.88. The second-order valence-corrected chi connectivity index (χ2v) is 6.20. The number of aryl methyl sites for hydroxylation is 1. The highest BCUT2D eigenvalue weighted by atomic mass is 35.5. The molecule has 1 aromatic heterocycles. The Morgan fingerprint density at radius 2 is 1.86 bits per heavy atom. The lowest BCUT2D eigenvalue weighted by atomic mass is 10.0. The second-order valence-electron chi connectivity index (χ2n) is 5.79. The number of hydrogen-bond acceptors (Lipinski definition) is 5. The van der Waals surface area contributed by atoms with Crippen LogP contribution in [-0.4, -0.2) is 22.2 Å². The van der Waals surface area contributed by atoms with Crippen molar-refractivity contribution in [2.45, 2.75) is 6.92 Å². The van der Waals surface area contributed by atoms with E-state index in [9.17, 15) is 9.59 Å². The number of carbonyl (C=O) groups is 2. The zero-order chi connectivity index (χ0) is 20.1. The van der Waals surface area contributed by atoms with Crippen LogP contribution in [0.15, 0.2) is 59.1 Å². The lowest BCUT2D eigenvalue weighted by Gasteiger charge is -2.09. The number of nitrogens with one attached hydrogen (secondary N) is 2. The first kappa shape index (κ1) is 19.3. The van der Waals surface area contributed by atoms with Gasteiger partial charge in [0.05, 0.1) is 5.02 Å². The van der Waals surface area contributed by atoms with Gasteiger partial charge < -0.3 is 9.84 Å². The van der Waals surface area contributed by atoms with Crippen LogP contribution in [-0.2, 0) is 4.79 Å². The summed E-state index contributed by atoms with van der Waals surface area (Å²) in [5.74, 6) is -0.766. The molecule has 3 rings (SSSR count). The molecule has 0 saturated carbocycles. The zero-order valence-electron chi connectivity index (χ0n) is 14.8. The SMILES string of the molecule is Cc1onc(-c2ccccc2Cl)c1C(=O)Nc1ccccc1/C=C/C(=O)NO. The smallest absolute Gasteiger partial charge is 0.267 e. The summed E-state index contributed by atoms with van der Waals surface area (Å²) in [6.07, 6.45) is 2.61. The maximum atomic E-state index is 13.0. The van der Waals surface area contributed by atoms with Crippen LogP contribution in [0.3, 0.4) is 0 Å². The van der Waals surface area contributed by atoms with E-state index in [1.165, 1.54) is 11.6 Å². The number of hydrogen-bond donors (Lipinski definition) is 3. The minimum absolute atomic E-state index is 0.264. The molecule has 0 saturated heterocycles. The van der Waals surface area contributed by atoms with Crippen molar-refractivity contribution in [1.82, 2.24) is 10.6 Å². The fourth-order valence-electron chi connectivity index (χ4n) is 2.62. The Hall–Kier alpha value is -3.42. The molecular weight excluding hydrogens is 382 g/mol. The first-order valence-corrected chi connectivity index (χ1v) is 8.62. The largest absolute Gasteiger partial charge is 0.360 e. The molecule has 7 nitrogen and oxygen atoms in total. The summed E-state index contributed by atoms with van der Waals surface area (Å²) in [5, 5.41) is 15.8. The lowest BCUT2D eigenvalue weighted by Crippen LogP contribution is -2.15. The molecule has 28 heavy (non-hydrogen) atoms. The molecule has 8 heteroatoms. The molecule has 0 bridgehead atoms. The van der Waals surface area contributed by atoms with Gasteiger partial charge in [0.15, 0.2) is 0 Å². The molecule has 2 amide bonds. The van der Waals surface area contributed by atoms with Gasteiger partial charge in [0.25, 0.3) is 11.8 Å². The fraction of sp³-hybridized carbons (Fsp3) is 0.0500. The topological polar surface area (TPSA) is 104 Å². The van der Waals surface area contributed by atoms with Gasteiger partial charge in [-0.05, 0) is 30.7 Å². The Balaban J connectivity index is 1.94. The molecule has 0 aliphatic carbocycles. The Labute approximate surface area is 165 Å². The Morgan fingerprint density at radius 1 is 1.14 bits per heavy atom. The maximum absolute atomic E-state index is 13.0. The summed E-state index contributed by atoms with van der Waals surface area (Å²) in [4.78, 5) is 24.2. The van der Waals surface area contributed by atoms with Crippen LogP contribution in [0.5, 0.6) is 0 Å². The first-order valence-electron chi connectivity index (χ1n) is 8.25. The summed E-state index contributed by atoms with van der Waals surface area (Å²) in [5.41, 5.74) is 3.75. The number of nitrogens with zero attached hydrogens (tertiary/aromatic N) is 1. The highest BCUT2D eigenvalue weighted by Gasteiger charge is 2.23. The fourth-order valence-corrected chi connectivity index (χ4v) is 2.85. The molecule has 0 spiro atoms. The number of amides is 2. The maximum Gasteiger partial charge on any atom is 0.267 e. The number of benzene rings is 2. The van der Waals surface area contributed by atoms with E-state index in [2.05, 4.69) is 10.5 Å². The first-order chi connectivity index (χ1) is 13.5. The van der Waals surface area contributed by atoms with Gasteiger partial charge in [0.2, 0.25) is 0 Å². The molecule has 0 aliphatic rings. The third-order valence-electron chi connectivity index (χ3n) is 3.95. The highest BCUT2D eigenvalue weighted by Crippen LogP contribution is 2.31. The minimum Gasteiger partial charge on any atom is -0.360 e. The van der Waals surface area contributed by atoms with Gasteiger partial charge in [-0.15, -0.1) is 0 Å². The zero-order valence-corrected chi connectivity index (χ0v) is 15.5. The molecule has 0 fully saturated rings. The van der Waals surface area contributed by atoms with E-state index in [4.69, 9.17) is 21.3 Å². The quantitative estimate of drug-likeness (QED) is 0.342. The van der Waals surface area contributed by atoms with Crippen molar-refractivity contribution in [3.8, 4) is 11.3 Å². The second kappa shape index (κ2) is 8.51. The molecule has 3 N–H and O–H groups in total. The molecule has 142 valence electrons. The molecule has 0 aliphatic heterocycles. The van der Waals surface area contributed by atoms with E-state index in [1.54, 1.807) is 55.5 Å². The number of hydroxylamine groups is 1. The van der Waals surface area contributed by atoms with E-state index in [1.807, 2.05) is 0 Å². The van der Waals surface area contributed by atoms with Crippen LogP contribution in [0.2, 0.25) is 5.02 Å². The number of halogens is 1. The number of aromatic nitrogens is 1. The lowest BCUT2D eigenvalue weighted by molar-refractivity contribution is -0.124. The van der Waals surface area contributed by atoms with Gasteiger partial charge >= 0.3 is 0 Å². The average molecular weight is 398 g/mol. The summed E-state index contributed by atoms with van der Waals surface area (Å²) in [6.45, 7) is 1.64. The van der Waals surface area contributed by atoms with Gasteiger partial charge in [0.1, 0.15) is 17.0 Å². The predicted octanol–water partition coefficient (Wildman–Crippen LogP) is 4.07. The summed E-state index contributed by atoms with van der Waals surface area (Å²) in [7, 11) is 0. The van der Waals surface area contributed by atoms with Crippen LogP contribution in [0.25, 0.3) is 17.3 Å². The van der Waals surface area contributed by atoms with Crippen molar-refractivity contribution in [3.63, 3.8) is 0 Å². The van der Waals surface area contributed by atoms with E-state index >= 15 is 0 Å². The van der Waals surface area contributed by atoms with Crippen molar-refractivity contribution >= 4 is 35.2 Å². The van der Waals surface area contributed by atoms with Crippen molar-refractivity contribution in [3.05, 3.63) is 76.5 Å². The molecule has 0 radical (unpaired) electrons. The molecule has 0 atom stereocenters.